The molecule has 92 valence electrons. The number of alkyl halides is 1. The molecule has 0 saturated carbocycles. The van der Waals surface area contributed by atoms with Crippen molar-refractivity contribution in [3.8, 4) is 5.75 Å². The Morgan fingerprint density at radius 3 is 2.35 bits per heavy atom. The lowest BCUT2D eigenvalue weighted by atomic mass is 10.1. The summed E-state index contributed by atoms with van der Waals surface area (Å²) in [4.78, 5) is 22.5. The van der Waals surface area contributed by atoms with E-state index >= 15 is 0 Å². The van der Waals surface area contributed by atoms with Crippen molar-refractivity contribution in [2.45, 2.75) is 12.3 Å². The van der Waals surface area contributed by atoms with Crippen LogP contribution in [0.25, 0.3) is 0 Å². The van der Waals surface area contributed by atoms with Gasteiger partial charge in [-0.3, -0.25) is 4.79 Å². The van der Waals surface area contributed by atoms with Crippen molar-refractivity contribution in [3.63, 3.8) is 0 Å². The van der Waals surface area contributed by atoms with Crippen LogP contribution in [0.3, 0.4) is 0 Å². The van der Waals surface area contributed by atoms with Gasteiger partial charge in [0.1, 0.15) is 11.1 Å². The van der Waals surface area contributed by atoms with E-state index in [0.717, 1.165) is 7.11 Å². The monoisotopic (exact) mass is 256 g/mol. The van der Waals surface area contributed by atoms with E-state index < -0.39 is 17.1 Å². The van der Waals surface area contributed by atoms with Gasteiger partial charge in [-0.1, -0.05) is 12.1 Å². The average molecular weight is 257 g/mol. The lowest BCUT2D eigenvalue weighted by molar-refractivity contribution is -0.151. The Bertz CT molecular complexity index is 399. The van der Waals surface area contributed by atoms with Gasteiger partial charge in [-0.15, -0.1) is 11.6 Å². The smallest absolute Gasteiger partial charge is 0.376 e. The van der Waals surface area contributed by atoms with E-state index in [9.17, 15) is 9.59 Å². The molecule has 0 heterocycles. The second-order valence-corrected chi connectivity index (χ2v) is 3.66. The molecule has 0 saturated heterocycles. The van der Waals surface area contributed by atoms with Gasteiger partial charge in [0.2, 0.25) is 0 Å². The number of esters is 1. The molecule has 1 aromatic carbocycles. The van der Waals surface area contributed by atoms with E-state index in [2.05, 4.69) is 4.74 Å². The van der Waals surface area contributed by atoms with E-state index in [1.807, 2.05) is 6.92 Å². The summed E-state index contributed by atoms with van der Waals surface area (Å²) < 4.78 is 9.57. The Balaban J connectivity index is 2.79. The van der Waals surface area contributed by atoms with E-state index in [1.54, 1.807) is 24.3 Å². The van der Waals surface area contributed by atoms with E-state index in [0.29, 0.717) is 17.9 Å². The number of Topliss-reactive ketones (excluding diaryl/α,β-unsaturated/α-hetero) is 1. The lowest BCUT2D eigenvalue weighted by Crippen LogP contribution is -2.20. The molecule has 1 rings (SSSR count). The van der Waals surface area contributed by atoms with Crippen LogP contribution in [-0.4, -0.2) is 25.5 Å². The topological polar surface area (TPSA) is 52.6 Å². The predicted molar refractivity (Wildman–Crippen MR) is 63.2 cm³/mol. The van der Waals surface area contributed by atoms with Crippen molar-refractivity contribution < 1.29 is 19.1 Å². The zero-order valence-corrected chi connectivity index (χ0v) is 10.4. The number of ether oxygens (including phenoxy) is 2. The molecular formula is C12H13ClO4. The highest BCUT2D eigenvalue weighted by molar-refractivity contribution is 6.47. The third kappa shape index (κ3) is 3.46. The van der Waals surface area contributed by atoms with E-state index in [-0.39, 0.29) is 0 Å². The van der Waals surface area contributed by atoms with Crippen molar-refractivity contribution in [2.24, 2.45) is 0 Å². The van der Waals surface area contributed by atoms with Crippen LogP contribution in [0.15, 0.2) is 24.3 Å². The molecule has 1 unspecified atom stereocenters. The quantitative estimate of drug-likeness (QED) is 0.460. The summed E-state index contributed by atoms with van der Waals surface area (Å²) in [5, 5.41) is -1.03. The molecule has 0 amide bonds. The van der Waals surface area contributed by atoms with Gasteiger partial charge in [0.15, 0.2) is 0 Å². The molecule has 0 aliphatic rings. The standard InChI is InChI=1S/C12H13ClO4/c1-3-17-9-6-4-8(5-7-9)10(13)11(14)12(15)16-2/h4-7,10H,3H2,1-2H3. The zero-order chi connectivity index (χ0) is 12.8. The number of benzene rings is 1. The molecule has 0 aliphatic carbocycles. The van der Waals surface area contributed by atoms with Crippen LogP contribution in [0.2, 0.25) is 0 Å². The number of carbonyl (C=O) groups excluding carboxylic acids is 2. The van der Waals surface area contributed by atoms with Crippen LogP contribution in [-0.2, 0) is 14.3 Å². The summed E-state index contributed by atoms with van der Waals surface area (Å²) in [6.07, 6.45) is 0. The molecule has 0 N–H and O–H groups in total. The number of hydrogen-bond acceptors (Lipinski definition) is 4. The van der Waals surface area contributed by atoms with Gasteiger partial charge in [0, 0.05) is 0 Å². The Morgan fingerprint density at radius 2 is 1.88 bits per heavy atom. The second-order valence-electron chi connectivity index (χ2n) is 3.22. The van der Waals surface area contributed by atoms with E-state index in [4.69, 9.17) is 16.3 Å². The maximum Gasteiger partial charge on any atom is 0.376 e. The molecule has 1 atom stereocenters. The van der Waals surface area contributed by atoms with Crippen molar-refractivity contribution >= 4 is 23.4 Å². The molecule has 17 heavy (non-hydrogen) atoms. The van der Waals surface area contributed by atoms with Crippen molar-refractivity contribution in [2.75, 3.05) is 13.7 Å². The minimum atomic E-state index is -1.03. The number of halogens is 1. The molecule has 4 nitrogen and oxygen atoms in total. The zero-order valence-electron chi connectivity index (χ0n) is 9.60. The van der Waals surface area contributed by atoms with Crippen LogP contribution in [0.5, 0.6) is 5.75 Å². The fourth-order valence-corrected chi connectivity index (χ4v) is 1.49. The molecule has 0 aromatic heterocycles. The predicted octanol–water partition coefficient (Wildman–Crippen LogP) is 2.11. The van der Waals surface area contributed by atoms with Crippen LogP contribution in [0.1, 0.15) is 17.9 Å². The molecule has 0 fully saturated rings. The Hall–Kier alpha value is -1.55. The number of methoxy groups -OCH3 is 1. The number of rotatable bonds is 5. The lowest BCUT2D eigenvalue weighted by Gasteiger charge is -2.08. The van der Waals surface area contributed by atoms with Gasteiger partial charge >= 0.3 is 5.97 Å². The summed E-state index contributed by atoms with van der Waals surface area (Å²) in [6.45, 7) is 2.43. The average Bonchev–Trinajstić information content (AvgIpc) is 2.37. The maximum atomic E-state index is 11.4. The molecule has 1 aromatic rings. The van der Waals surface area contributed by atoms with Gasteiger partial charge < -0.3 is 9.47 Å². The highest BCUT2D eigenvalue weighted by Gasteiger charge is 2.25. The summed E-state index contributed by atoms with van der Waals surface area (Å²) in [5.74, 6) is -1.04. The van der Waals surface area contributed by atoms with Crippen molar-refractivity contribution in [3.05, 3.63) is 29.8 Å². The second kappa shape index (κ2) is 6.25. The van der Waals surface area contributed by atoms with Gasteiger partial charge in [-0.25, -0.2) is 4.79 Å². The first kappa shape index (κ1) is 13.5. The summed E-state index contributed by atoms with van der Waals surface area (Å²) in [5.41, 5.74) is 0.533. The van der Waals surface area contributed by atoms with Gasteiger partial charge in [-0.05, 0) is 24.6 Å². The van der Waals surface area contributed by atoms with Gasteiger partial charge in [0.05, 0.1) is 13.7 Å². The first-order valence-corrected chi connectivity index (χ1v) is 5.52. The number of hydrogen-bond donors (Lipinski definition) is 0. The molecule has 0 aliphatic heterocycles. The van der Waals surface area contributed by atoms with Crippen LogP contribution >= 0.6 is 11.6 Å². The first-order chi connectivity index (χ1) is 8.10. The van der Waals surface area contributed by atoms with Crippen molar-refractivity contribution in [1.82, 2.24) is 0 Å². The van der Waals surface area contributed by atoms with Gasteiger partial charge in [0.25, 0.3) is 5.78 Å². The Labute approximate surface area is 104 Å². The Morgan fingerprint density at radius 1 is 1.29 bits per heavy atom. The van der Waals surface area contributed by atoms with Crippen LogP contribution < -0.4 is 4.74 Å². The fraction of sp³-hybridized carbons (Fsp3) is 0.333. The molecule has 0 spiro atoms. The summed E-state index contributed by atoms with van der Waals surface area (Å²) >= 11 is 5.87. The maximum absolute atomic E-state index is 11.4. The highest BCUT2D eigenvalue weighted by atomic mass is 35.5. The first-order valence-electron chi connectivity index (χ1n) is 5.09. The number of carbonyl (C=O) groups is 2. The van der Waals surface area contributed by atoms with Gasteiger partial charge in [-0.2, -0.15) is 0 Å². The highest BCUT2D eigenvalue weighted by Crippen LogP contribution is 2.24. The van der Waals surface area contributed by atoms with Crippen molar-refractivity contribution in [1.29, 1.82) is 0 Å². The third-order valence-corrected chi connectivity index (χ3v) is 2.55. The molecule has 0 bridgehead atoms. The molecule has 0 radical (unpaired) electrons. The summed E-state index contributed by atoms with van der Waals surface area (Å²) in [6, 6.07) is 6.67. The minimum absolute atomic E-state index is 0.533. The fourth-order valence-electron chi connectivity index (χ4n) is 1.26. The summed E-state index contributed by atoms with van der Waals surface area (Å²) in [7, 11) is 1.14. The normalized spacial score (nSPS) is 11.7. The Kier molecular flexibility index (Phi) is 4.97. The SMILES string of the molecule is CCOc1ccc(C(Cl)C(=O)C(=O)OC)cc1. The van der Waals surface area contributed by atoms with E-state index in [1.165, 1.54) is 0 Å². The molecule has 5 heteroatoms. The van der Waals surface area contributed by atoms with Crippen LogP contribution in [0, 0.1) is 0 Å². The largest absolute Gasteiger partial charge is 0.494 e. The van der Waals surface area contributed by atoms with Crippen LogP contribution in [0.4, 0.5) is 0 Å². The molecular weight excluding hydrogens is 244 g/mol. The minimum Gasteiger partial charge on any atom is -0.494 e. The third-order valence-electron chi connectivity index (χ3n) is 2.10. The number of ketones is 1.